The zero-order valence-electron chi connectivity index (χ0n) is 17.9. The number of Topliss-reactive ketones (excluding diaryl/α,β-unsaturated/α-hetero) is 1. The van der Waals surface area contributed by atoms with Crippen LogP contribution in [0.3, 0.4) is 0 Å². The molecule has 0 aromatic heterocycles. The van der Waals surface area contributed by atoms with Crippen LogP contribution in [0.15, 0.2) is 11.6 Å². The average molecular weight is 409 g/mol. The molecule has 3 nitrogen and oxygen atoms in total. The number of carbonyl (C=O) groups is 2. The number of halogens is 2. The predicted molar refractivity (Wildman–Crippen MR) is 106 cm³/mol. The third kappa shape index (κ3) is 3.27. The van der Waals surface area contributed by atoms with Crippen molar-refractivity contribution in [3.05, 3.63) is 11.6 Å². The number of alkyl halides is 2. The quantitative estimate of drug-likeness (QED) is 0.441. The van der Waals surface area contributed by atoms with E-state index in [4.69, 9.17) is 0 Å². The summed E-state index contributed by atoms with van der Waals surface area (Å²) in [5.74, 6) is -2.40. The van der Waals surface area contributed by atoms with Gasteiger partial charge in [0, 0.05) is 19.3 Å². The molecule has 162 valence electrons. The number of esters is 1. The Hall–Kier alpha value is -1.26. The van der Waals surface area contributed by atoms with Crippen LogP contribution in [0.25, 0.3) is 0 Å². The van der Waals surface area contributed by atoms with Crippen LogP contribution in [0.5, 0.6) is 0 Å². The highest BCUT2D eigenvalue weighted by molar-refractivity contribution is 5.82. The van der Waals surface area contributed by atoms with Gasteiger partial charge in [0.05, 0.1) is 7.11 Å². The van der Waals surface area contributed by atoms with Gasteiger partial charge in [0.15, 0.2) is 0 Å². The smallest absolute Gasteiger partial charge is 0.376 e. The van der Waals surface area contributed by atoms with Crippen molar-refractivity contribution in [1.82, 2.24) is 0 Å². The lowest BCUT2D eigenvalue weighted by atomic mass is 9.47. The van der Waals surface area contributed by atoms with E-state index < -0.39 is 18.3 Å². The van der Waals surface area contributed by atoms with E-state index in [0.29, 0.717) is 42.8 Å². The predicted octanol–water partition coefficient (Wildman–Crippen LogP) is 5.72. The van der Waals surface area contributed by atoms with E-state index in [1.807, 2.05) is 0 Å². The van der Waals surface area contributed by atoms with E-state index in [2.05, 4.69) is 24.7 Å². The second-order valence-electron chi connectivity index (χ2n) is 10.5. The summed E-state index contributed by atoms with van der Waals surface area (Å²) < 4.78 is 32.4. The van der Waals surface area contributed by atoms with Gasteiger partial charge in [0.2, 0.25) is 0 Å². The minimum absolute atomic E-state index is 0.0829. The molecule has 29 heavy (non-hydrogen) atoms. The number of rotatable bonds is 4. The van der Waals surface area contributed by atoms with Gasteiger partial charge < -0.3 is 4.74 Å². The number of allylic oxidation sites excluding steroid dienone is 2. The van der Waals surface area contributed by atoms with Crippen LogP contribution in [-0.4, -0.2) is 24.8 Å². The molecule has 0 aromatic rings. The largest absolute Gasteiger partial charge is 0.465 e. The van der Waals surface area contributed by atoms with Crippen molar-refractivity contribution in [3.63, 3.8) is 0 Å². The van der Waals surface area contributed by atoms with Crippen molar-refractivity contribution in [3.8, 4) is 0 Å². The molecule has 4 aliphatic rings. The van der Waals surface area contributed by atoms with Crippen molar-refractivity contribution in [1.29, 1.82) is 0 Å². The molecule has 0 N–H and O–H groups in total. The standard InChI is InChI=1S/C24H34F2O3/c1-22-12-10-20-18(6-4-16-14-17(27)9-11-23(16,20)2)19(22)7-5-15(22)8-13-24(25,26)21(28)29-3/h4,15,18-20H,5-14H2,1-3H3/t15-,18+,19+,20+,22-,23+/m1/s1. The number of ketones is 1. The van der Waals surface area contributed by atoms with E-state index in [1.54, 1.807) is 0 Å². The number of hydrogen-bond donors (Lipinski definition) is 0. The maximum Gasteiger partial charge on any atom is 0.376 e. The molecule has 4 rings (SSSR count). The van der Waals surface area contributed by atoms with Gasteiger partial charge in [-0.3, -0.25) is 4.79 Å². The molecule has 0 unspecified atom stereocenters. The SMILES string of the molecule is COC(=O)C(F)(F)CC[C@H]1CC[C@H]2[C@@H]3CC=C4CC(=O)CC[C@]4(C)[C@H]3CC[C@]12C. The third-order valence-electron chi connectivity index (χ3n) is 9.42. The zero-order chi connectivity index (χ0) is 21.0. The van der Waals surface area contributed by atoms with Gasteiger partial charge in [0.25, 0.3) is 0 Å². The highest BCUT2D eigenvalue weighted by atomic mass is 19.3. The van der Waals surface area contributed by atoms with Gasteiger partial charge in [-0.25, -0.2) is 4.79 Å². The maximum absolute atomic E-state index is 14.0. The summed E-state index contributed by atoms with van der Waals surface area (Å²) in [6.07, 6.45) is 9.94. The summed E-state index contributed by atoms with van der Waals surface area (Å²) >= 11 is 0. The average Bonchev–Trinajstić information content (AvgIpc) is 3.02. The maximum atomic E-state index is 14.0. The molecule has 3 fully saturated rings. The molecular weight excluding hydrogens is 374 g/mol. The molecule has 3 saturated carbocycles. The first kappa shape index (κ1) is 21.0. The summed E-state index contributed by atoms with van der Waals surface area (Å²) in [6.45, 7) is 4.68. The first-order valence-electron chi connectivity index (χ1n) is 11.3. The van der Waals surface area contributed by atoms with Gasteiger partial charge in [0.1, 0.15) is 5.78 Å². The molecular formula is C24H34F2O3. The minimum atomic E-state index is -3.38. The fourth-order valence-electron chi connectivity index (χ4n) is 7.67. The van der Waals surface area contributed by atoms with Gasteiger partial charge in [-0.15, -0.1) is 0 Å². The lowest BCUT2D eigenvalue weighted by Crippen LogP contribution is -2.50. The summed E-state index contributed by atoms with van der Waals surface area (Å²) in [5, 5.41) is 0. The Labute approximate surface area is 172 Å². The topological polar surface area (TPSA) is 43.4 Å². The van der Waals surface area contributed by atoms with Crippen molar-refractivity contribution in [2.75, 3.05) is 7.11 Å². The van der Waals surface area contributed by atoms with Gasteiger partial charge in [-0.1, -0.05) is 25.5 Å². The molecule has 4 aliphatic carbocycles. The lowest BCUT2D eigenvalue weighted by Gasteiger charge is -2.57. The Morgan fingerprint density at radius 3 is 2.69 bits per heavy atom. The van der Waals surface area contributed by atoms with Crippen molar-refractivity contribution >= 4 is 11.8 Å². The van der Waals surface area contributed by atoms with Crippen LogP contribution in [0.1, 0.15) is 78.1 Å². The summed E-state index contributed by atoms with van der Waals surface area (Å²) in [4.78, 5) is 23.4. The molecule has 6 atom stereocenters. The Morgan fingerprint density at radius 1 is 1.21 bits per heavy atom. The first-order chi connectivity index (χ1) is 13.6. The van der Waals surface area contributed by atoms with Crippen LogP contribution < -0.4 is 0 Å². The lowest BCUT2D eigenvalue weighted by molar-refractivity contribution is -0.170. The monoisotopic (exact) mass is 408 g/mol. The van der Waals surface area contributed by atoms with E-state index in [0.717, 1.165) is 45.6 Å². The summed E-state index contributed by atoms with van der Waals surface area (Å²) in [5.41, 5.74) is 1.60. The molecule has 0 spiro atoms. The number of methoxy groups -OCH3 is 1. The van der Waals surface area contributed by atoms with Gasteiger partial charge >= 0.3 is 11.9 Å². The van der Waals surface area contributed by atoms with Crippen molar-refractivity contribution < 1.29 is 23.1 Å². The van der Waals surface area contributed by atoms with Crippen LogP contribution in [0.2, 0.25) is 0 Å². The Balaban J connectivity index is 1.50. The van der Waals surface area contributed by atoms with Crippen molar-refractivity contribution in [2.45, 2.75) is 84.0 Å². The normalized spacial score (nSPS) is 41.8. The molecule has 0 heterocycles. The molecule has 0 aromatic carbocycles. The third-order valence-corrected chi connectivity index (χ3v) is 9.42. The summed E-state index contributed by atoms with van der Waals surface area (Å²) in [6, 6.07) is 0. The molecule has 0 amide bonds. The molecule has 0 saturated heterocycles. The highest BCUT2D eigenvalue weighted by Gasteiger charge is 2.58. The minimum Gasteiger partial charge on any atom is -0.465 e. The second kappa shape index (κ2) is 7.16. The van der Waals surface area contributed by atoms with E-state index in [-0.39, 0.29) is 16.7 Å². The van der Waals surface area contributed by atoms with Crippen LogP contribution >= 0.6 is 0 Å². The molecule has 0 radical (unpaired) electrons. The Kier molecular flexibility index (Phi) is 5.18. The number of hydrogen-bond acceptors (Lipinski definition) is 3. The highest BCUT2D eigenvalue weighted by Crippen LogP contribution is 2.66. The van der Waals surface area contributed by atoms with Gasteiger partial charge in [-0.05, 0) is 79.4 Å². The number of carbonyl (C=O) groups excluding carboxylic acids is 2. The van der Waals surface area contributed by atoms with Crippen LogP contribution in [0, 0.1) is 34.5 Å². The molecule has 5 heteroatoms. The van der Waals surface area contributed by atoms with Gasteiger partial charge in [-0.2, -0.15) is 8.78 Å². The van der Waals surface area contributed by atoms with Crippen LogP contribution in [0.4, 0.5) is 8.78 Å². The first-order valence-corrected chi connectivity index (χ1v) is 11.3. The van der Waals surface area contributed by atoms with Crippen molar-refractivity contribution in [2.24, 2.45) is 34.5 Å². The molecule has 0 aliphatic heterocycles. The Bertz CT molecular complexity index is 730. The molecule has 0 bridgehead atoms. The zero-order valence-corrected chi connectivity index (χ0v) is 17.9. The van der Waals surface area contributed by atoms with E-state index in [9.17, 15) is 18.4 Å². The van der Waals surface area contributed by atoms with E-state index in [1.165, 1.54) is 5.57 Å². The Morgan fingerprint density at radius 2 is 1.97 bits per heavy atom. The second-order valence-corrected chi connectivity index (χ2v) is 10.5. The van der Waals surface area contributed by atoms with E-state index >= 15 is 0 Å². The number of fused-ring (bicyclic) bond motifs is 5. The fourth-order valence-corrected chi connectivity index (χ4v) is 7.67. The van der Waals surface area contributed by atoms with Crippen LogP contribution in [-0.2, 0) is 14.3 Å². The number of ether oxygens (including phenoxy) is 1. The fraction of sp³-hybridized carbons (Fsp3) is 0.833. The summed E-state index contributed by atoms with van der Waals surface area (Å²) in [7, 11) is 1.02.